The molecule has 0 aliphatic rings. The lowest BCUT2D eigenvalue weighted by Crippen LogP contribution is -2.08. The second kappa shape index (κ2) is 6.95. The van der Waals surface area contributed by atoms with Crippen molar-refractivity contribution in [2.75, 3.05) is 10.6 Å². The van der Waals surface area contributed by atoms with E-state index in [1.54, 1.807) is 6.07 Å². The summed E-state index contributed by atoms with van der Waals surface area (Å²) in [5, 5.41) is 17.9. The number of benzene rings is 1. The predicted octanol–water partition coefficient (Wildman–Crippen LogP) is 3.44. The first-order chi connectivity index (χ1) is 11.6. The van der Waals surface area contributed by atoms with Crippen molar-refractivity contribution in [3.8, 4) is 5.75 Å². The van der Waals surface area contributed by atoms with Crippen molar-refractivity contribution in [3.05, 3.63) is 42.3 Å². The maximum absolute atomic E-state index is 5.77. The summed E-state index contributed by atoms with van der Waals surface area (Å²) in [7, 11) is 0. The van der Waals surface area contributed by atoms with Crippen LogP contribution in [0.5, 0.6) is 5.75 Å². The predicted molar refractivity (Wildman–Crippen MR) is 89.8 cm³/mol. The first kappa shape index (κ1) is 15.7. The Morgan fingerprint density at radius 2 is 1.96 bits per heavy atom. The van der Waals surface area contributed by atoms with Crippen LogP contribution in [0.25, 0.3) is 0 Å². The smallest absolute Gasteiger partial charge is 0.249 e. The minimum Gasteiger partial charge on any atom is -0.489 e. The fourth-order valence-electron chi connectivity index (χ4n) is 2.02. The van der Waals surface area contributed by atoms with Gasteiger partial charge in [-0.25, -0.2) is 0 Å². The van der Waals surface area contributed by atoms with E-state index in [1.165, 1.54) is 6.20 Å². The second-order valence-corrected chi connectivity index (χ2v) is 5.40. The Kier molecular flexibility index (Phi) is 4.55. The Hall–Kier alpha value is -3.16. The highest BCUT2D eigenvalue weighted by Gasteiger charge is 2.08. The van der Waals surface area contributed by atoms with Gasteiger partial charge in [0.15, 0.2) is 11.6 Å². The number of hydrogen-bond donors (Lipinski definition) is 2. The quantitative estimate of drug-likeness (QED) is 0.711. The molecule has 3 aromatic rings. The summed E-state index contributed by atoms with van der Waals surface area (Å²) in [5.41, 5.74) is 0.766. The van der Waals surface area contributed by atoms with E-state index in [0.29, 0.717) is 23.3 Å². The van der Waals surface area contributed by atoms with Crippen molar-refractivity contribution in [1.82, 2.24) is 20.3 Å². The van der Waals surface area contributed by atoms with Crippen LogP contribution in [0.3, 0.4) is 0 Å². The Bertz CT molecular complexity index is 818. The third-order valence-corrected chi connectivity index (χ3v) is 2.94. The molecule has 24 heavy (non-hydrogen) atoms. The summed E-state index contributed by atoms with van der Waals surface area (Å²) in [6.45, 7) is 5.76. The third-order valence-electron chi connectivity index (χ3n) is 2.94. The number of aryl methyl sites for hydroxylation is 1. The van der Waals surface area contributed by atoms with Crippen molar-refractivity contribution in [3.63, 3.8) is 0 Å². The highest BCUT2D eigenvalue weighted by Crippen LogP contribution is 2.27. The number of anilines is 4. The van der Waals surface area contributed by atoms with Crippen LogP contribution in [0, 0.1) is 6.92 Å². The van der Waals surface area contributed by atoms with Crippen LogP contribution in [0.15, 0.2) is 41.1 Å². The topological polar surface area (TPSA) is 98.0 Å². The molecule has 3 rings (SSSR count). The Balaban J connectivity index is 1.77. The minimum atomic E-state index is 0.0652. The summed E-state index contributed by atoms with van der Waals surface area (Å²) < 4.78 is 10.8. The summed E-state index contributed by atoms with van der Waals surface area (Å²) in [4.78, 5) is 4.36. The number of nitrogens with zero attached hydrogens (tertiary/aromatic N) is 4. The molecular formula is C16H18N6O2. The highest BCUT2D eigenvalue weighted by atomic mass is 16.5. The van der Waals surface area contributed by atoms with Crippen LogP contribution < -0.4 is 15.4 Å². The van der Waals surface area contributed by atoms with E-state index in [0.717, 1.165) is 11.4 Å². The molecule has 8 nitrogen and oxygen atoms in total. The zero-order chi connectivity index (χ0) is 16.9. The summed E-state index contributed by atoms with van der Waals surface area (Å²) in [6.07, 6.45) is 1.57. The van der Waals surface area contributed by atoms with Crippen LogP contribution in [-0.2, 0) is 0 Å². The largest absolute Gasteiger partial charge is 0.489 e. The van der Waals surface area contributed by atoms with Gasteiger partial charge in [-0.05, 0) is 32.9 Å². The van der Waals surface area contributed by atoms with E-state index in [2.05, 4.69) is 31.0 Å². The van der Waals surface area contributed by atoms with E-state index in [9.17, 15) is 0 Å². The lowest BCUT2D eigenvalue weighted by molar-refractivity contribution is 0.244. The molecule has 0 bridgehead atoms. The molecule has 2 aromatic heterocycles. The maximum atomic E-state index is 5.77. The number of nitrogens with one attached hydrogen (secondary N) is 2. The van der Waals surface area contributed by atoms with Gasteiger partial charge in [0.2, 0.25) is 5.95 Å². The second-order valence-electron chi connectivity index (χ2n) is 5.40. The number of ether oxygens (including phenoxy) is 1. The number of para-hydroxylation sites is 2. The molecule has 0 saturated carbocycles. The highest BCUT2D eigenvalue weighted by molar-refractivity contribution is 5.63. The van der Waals surface area contributed by atoms with Crippen LogP contribution in [0.4, 0.5) is 23.3 Å². The molecule has 0 spiro atoms. The van der Waals surface area contributed by atoms with Crippen molar-refractivity contribution in [2.45, 2.75) is 26.9 Å². The molecule has 124 valence electrons. The number of hydrogen-bond acceptors (Lipinski definition) is 8. The van der Waals surface area contributed by atoms with Gasteiger partial charge in [0.1, 0.15) is 11.5 Å². The first-order valence-electron chi connectivity index (χ1n) is 7.53. The SMILES string of the molecule is Cc1cc(Nc2cnnc(Nc3ccccc3OC(C)C)n2)no1. The van der Waals surface area contributed by atoms with Gasteiger partial charge in [-0.2, -0.15) is 10.1 Å². The monoisotopic (exact) mass is 326 g/mol. The molecule has 0 aliphatic heterocycles. The lowest BCUT2D eigenvalue weighted by atomic mass is 10.3. The Morgan fingerprint density at radius 1 is 1.12 bits per heavy atom. The average molecular weight is 326 g/mol. The number of aromatic nitrogens is 4. The molecule has 0 unspecified atom stereocenters. The van der Waals surface area contributed by atoms with Crippen LogP contribution in [0.1, 0.15) is 19.6 Å². The Labute approximate surface area is 139 Å². The molecule has 1 aromatic carbocycles. The standard InChI is InChI=1S/C16H18N6O2/c1-10(2)23-13-7-5-4-6-12(13)18-16-20-15(9-17-21-16)19-14-8-11(3)24-22-14/h4-10H,1-3H3,(H2,18,19,20,21,22). The maximum Gasteiger partial charge on any atom is 0.249 e. The Morgan fingerprint density at radius 3 is 2.71 bits per heavy atom. The fourth-order valence-corrected chi connectivity index (χ4v) is 2.02. The van der Waals surface area contributed by atoms with Crippen molar-refractivity contribution < 1.29 is 9.26 Å². The van der Waals surface area contributed by atoms with E-state index in [-0.39, 0.29) is 6.10 Å². The molecule has 0 saturated heterocycles. The summed E-state index contributed by atoms with van der Waals surface area (Å²) in [6, 6.07) is 9.36. The zero-order valence-corrected chi connectivity index (χ0v) is 13.6. The van der Waals surface area contributed by atoms with Gasteiger partial charge >= 0.3 is 0 Å². The van der Waals surface area contributed by atoms with Gasteiger partial charge in [0.05, 0.1) is 18.0 Å². The van der Waals surface area contributed by atoms with E-state index in [4.69, 9.17) is 9.26 Å². The third kappa shape index (κ3) is 3.97. The van der Waals surface area contributed by atoms with Crippen LogP contribution in [-0.4, -0.2) is 26.4 Å². The van der Waals surface area contributed by atoms with Crippen molar-refractivity contribution >= 4 is 23.3 Å². The molecule has 0 fully saturated rings. The lowest BCUT2D eigenvalue weighted by Gasteiger charge is -2.14. The molecule has 2 heterocycles. The summed E-state index contributed by atoms with van der Waals surface area (Å²) in [5.74, 6) is 2.84. The molecule has 8 heteroatoms. The molecule has 2 N–H and O–H groups in total. The van der Waals surface area contributed by atoms with E-state index >= 15 is 0 Å². The van der Waals surface area contributed by atoms with Crippen LogP contribution >= 0.6 is 0 Å². The number of rotatable bonds is 6. The van der Waals surface area contributed by atoms with Gasteiger partial charge in [-0.15, -0.1) is 5.10 Å². The zero-order valence-electron chi connectivity index (χ0n) is 13.6. The first-order valence-corrected chi connectivity index (χ1v) is 7.53. The van der Waals surface area contributed by atoms with Gasteiger partial charge in [-0.1, -0.05) is 17.3 Å². The average Bonchev–Trinajstić information content (AvgIpc) is 2.94. The van der Waals surface area contributed by atoms with Crippen LogP contribution in [0.2, 0.25) is 0 Å². The van der Waals surface area contributed by atoms with Crippen molar-refractivity contribution in [1.29, 1.82) is 0 Å². The molecule has 0 amide bonds. The van der Waals surface area contributed by atoms with Gasteiger partial charge < -0.3 is 19.9 Å². The summed E-state index contributed by atoms with van der Waals surface area (Å²) >= 11 is 0. The van der Waals surface area contributed by atoms with E-state index < -0.39 is 0 Å². The minimum absolute atomic E-state index is 0.0652. The molecular weight excluding hydrogens is 308 g/mol. The van der Waals surface area contributed by atoms with E-state index in [1.807, 2.05) is 45.0 Å². The van der Waals surface area contributed by atoms with Crippen molar-refractivity contribution in [2.24, 2.45) is 0 Å². The molecule has 0 atom stereocenters. The normalized spacial score (nSPS) is 10.7. The van der Waals surface area contributed by atoms with Gasteiger partial charge in [0.25, 0.3) is 0 Å². The van der Waals surface area contributed by atoms with Gasteiger partial charge in [0, 0.05) is 6.07 Å². The molecule has 0 radical (unpaired) electrons. The molecule has 0 aliphatic carbocycles. The van der Waals surface area contributed by atoms with Gasteiger partial charge in [-0.3, -0.25) is 0 Å². The fraction of sp³-hybridized carbons (Fsp3) is 0.250.